The van der Waals surface area contributed by atoms with Gasteiger partial charge in [0, 0.05) is 31.7 Å². The van der Waals surface area contributed by atoms with Crippen LogP contribution >= 0.6 is 0 Å². The molecule has 0 unspecified atom stereocenters. The number of hydrogen-bond acceptors (Lipinski definition) is 2. The van der Waals surface area contributed by atoms with Crippen LogP contribution in [0.4, 0.5) is 0 Å². The zero-order valence-corrected chi connectivity index (χ0v) is 12.5. The molecule has 0 radical (unpaired) electrons. The summed E-state index contributed by atoms with van der Waals surface area (Å²) in [6, 6.07) is 0. The molecule has 2 rings (SSSR count). The van der Waals surface area contributed by atoms with Crippen molar-refractivity contribution in [3.05, 3.63) is 24.3 Å². The van der Waals surface area contributed by atoms with E-state index in [0.29, 0.717) is 5.54 Å². The van der Waals surface area contributed by atoms with Crippen molar-refractivity contribution in [2.24, 2.45) is 0 Å². The molecular weight excluding hydrogens is 220 g/mol. The second-order valence-corrected chi connectivity index (χ2v) is 5.16. The number of allylic oxidation sites excluding steroid dienone is 1. The monoisotopic (exact) mass is 250 g/mol. The van der Waals surface area contributed by atoms with Crippen molar-refractivity contribution in [3.63, 3.8) is 0 Å². The minimum absolute atomic E-state index is 0.469. The Morgan fingerprint density at radius 3 is 2.61 bits per heavy atom. The summed E-state index contributed by atoms with van der Waals surface area (Å²) in [5.41, 5.74) is 1.86. The first kappa shape index (κ1) is 15.5. The van der Waals surface area contributed by atoms with Gasteiger partial charge >= 0.3 is 0 Å². The Morgan fingerprint density at radius 1 is 1.39 bits per heavy atom. The molecule has 1 aliphatic heterocycles. The van der Waals surface area contributed by atoms with Crippen LogP contribution in [-0.2, 0) is 0 Å². The molecule has 2 heteroatoms. The lowest BCUT2D eigenvalue weighted by Gasteiger charge is -2.49. The summed E-state index contributed by atoms with van der Waals surface area (Å²) in [7, 11) is 0. The first-order valence-electron chi connectivity index (χ1n) is 7.57. The summed E-state index contributed by atoms with van der Waals surface area (Å²) in [6.45, 7) is 14.7. The van der Waals surface area contributed by atoms with E-state index in [2.05, 4.69) is 29.8 Å². The van der Waals surface area contributed by atoms with Crippen molar-refractivity contribution in [1.29, 1.82) is 0 Å². The fourth-order valence-corrected chi connectivity index (χ4v) is 2.85. The van der Waals surface area contributed by atoms with Gasteiger partial charge in [-0.1, -0.05) is 39.5 Å². The van der Waals surface area contributed by atoms with Gasteiger partial charge in [0.25, 0.3) is 0 Å². The average Bonchev–Trinajstić information content (AvgIpc) is 2.39. The van der Waals surface area contributed by atoms with Gasteiger partial charge in [-0.25, -0.2) is 0 Å². The Morgan fingerprint density at radius 2 is 2.11 bits per heavy atom. The van der Waals surface area contributed by atoms with Crippen molar-refractivity contribution < 1.29 is 0 Å². The van der Waals surface area contributed by atoms with Gasteiger partial charge in [0.15, 0.2) is 0 Å². The quantitative estimate of drug-likeness (QED) is 0.770. The Hall–Kier alpha value is -0.600. The molecule has 1 aliphatic carbocycles. The SMILES string of the molecule is C=C/C(=C\CC)CN1CCNC2(CCC2)C1.CC. The maximum Gasteiger partial charge on any atom is 0.0309 e. The predicted molar refractivity (Wildman–Crippen MR) is 80.9 cm³/mol. The molecule has 104 valence electrons. The third kappa shape index (κ3) is 3.96. The summed E-state index contributed by atoms with van der Waals surface area (Å²) < 4.78 is 0. The molecule has 1 saturated carbocycles. The van der Waals surface area contributed by atoms with E-state index in [0.717, 1.165) is 19.5 Å². The van der Waals surface area contributed by atoms with Crippen LogP contribution in [0, 0.1) is 0 Å². The van der Waals surface area contributed by atoms with Gasteiger partial charge in [0.2, 0.25) is 0 Å². The third-order valence-electron chi connectivity index (χ3n) is 3.90. The highest BCUT2D eigenvalue weighted by Gasteiger charge is 2.40. The van der Waals surface area contributed by atoms with Crippen molar-refractivity contribution in [2.75, 3.05) is 26.2 Å². The molecule has 0 aromatic carbocycles. The fourth-order valence-electron chi connectivity index (χ4n) is 2.85. The Bertz CT molecular complexity index is 277. The van der Waals surface area contributed by atoms with E-state index < -0.39 is 0 Å². The number of piperazine rings is 1. The summed E-state index contributed by atoms with van der Waals surface area (Å²) in [5, 5.41) is 3.70. The molecule has 1 saturated heterocycles. The summed E-state index contributed by atoms with van der Waals surface area (Å²) in [4.78, 5) is 2.58. The molecule has 2 aliphatic rings. The van der Waals surface area contributed by atoms with E-state index in [9.17, 15) is 0 Å². The van der Waals surface area contributed by atoms with E-state index in [1.54, 1.807) is 0 Å². The van der Waals surface area contributed by atoms with Gasteiger partial charge in [0.1, 0.15) is 0 Å². The normalized spacial score (nSPS) is 22.9. The van der Waals surface area contributed by atoms with E-state index in [1.807, 2.05) is 19.9 Å². The van der Waals surface area contributed by atoms with Gasteiger partial charge in [-0.3, -0.25) is 4.90 Å². The maximum absolute atomic E-state index is 3.91. The summed E-state index contributed by atoms with van der Waals surface area (Å²) in [6.07, 6.45) is 9.55. The molecule has 0 aromatic rings. The second kappa shape index (κ2) is 7.75. The smallest absolute Gasteiger partial charge is 0.0309 e. The molecule has 0 atom stereocenters. The summed E-state index contributed by atoms with van der Waals surface area (Å²) in [5.74, 6) is 0. The van der Waals surface area contributed by atoms with Crippen molar-refractivity contribution in [2.45, 2.75) is 52.0 Å². The first-order valence-corrected chi connectivity index (χ1v) is 7.57. The van der Waals surface area contributed by atoms with Crippen LogP contribution in [0.15, 0.2) is 24.3 Å². The first-order chi connectivity index (χ1) is 8.78. The molecule has 2 nitrogen and oxygen atoms in total. The highest BCUT2D eigenvalue weighted by atomic mass is 15.2. The minimum atomic E-state index is 0.469. The van der Waals surface area contributed by atoms with E-state index in [-0.39, 0.29) is 0 Å². The van der Waals surface area contributed by atoms with Crippen LogP contribution in [0.1, 0.15) is 46.5 Å². The maximum atomic E-state index is 3.91. The Labute approximate surface area is 113 Å². The minimum Gasteiger partial charge on any atom is -0.309 e. The Balaban J connectivity index is 0.000000771. The number of nitrogens with one attached hydrogen (secondary N) is 1. The molecule has 18 heavy (non-hydrogen) atoms. The van der Waals surface area contributed by atoms with Crippen LogP contribution in [0.25, 0.3) is 0 Å². The van der Waals surface area contributed by atoms with Crippen LogP contribution in [0.3, 0.4) is 0 Å². The standard InChI is InChI=1S/C14H24N2.C2H6/c1-3-6-13(4-2)11-16-10-9-15-14(12-16)7-5-8-14;1-2/h4,6,15H,2-3,5,7-12H2,1H3;1-2H3/b13-6+;. The van der Waals surface area contributed by atoms with Gasteiger partial charge in [-0.2, -0.15) is 0 Å². The molecule has 1 N–H and O–H groups in total. The fraction of sp³-hybridized carbons (Fsp3) is 0.750. The van der Waals surface area contributed by atoms with Crippen LogP contribution in [0.2, 0.25) is 0 Å². The van der Waals surface area contributed by atoms with Gasteiger partial charge in [0.05, 0.1) is 0 Å². The number of rotatable bonds is 4. The van der Waals surface area contributed by atoms with Crippen LogP contribution < -0.4 is 5.32 Å². The second-order valence-electron chi connectivity index (χ2n) is 5.16. The lowest BCUT2D eigenvalue weighted by molar-refractivity contribution is 0.0772. The lowest BCUT2D eigenvalue weighted by Crippen LogP contribution is -2.63. The van der Waals surface area contributed by atoms with Crippen molar-refractivity contribution in [3.8, 4) is 0 Å². The zero-order valence-electron chi connectivity index (χ0n) is 12.5. The van der Waals surface area contributed by atoms with Crippen LogP contribution in [-0.4, -0.2) is 36.6 Å². The third-order valence-corrected chi connectivity index (χ3v) is 3.90. The molecule has 0 amide bonds. The molecule has 0 bridgehead atoms. The average molecular weight is 250 g/mol. The van der Waals surface area contributed by atoms with Gasteiger partial charge in [-0.15, -0.1) is 0 Å². The molecule has 1 heterocycles. The topological polar surface area (TPSA) is 15.3 Å². The molecular formula is C16H30N2. The summed E-state index contributed by atoms with van der Waals surface area (Å²) >= 11 is 0. The van der Waals surface area contributed by atoms with E-state index in [4.69, 9.17) is 0 Å². The van der Waals surface area contributed by atoms with E-state index >= 15 is 0 Å². The highest BCUT2D eigenvalue weighted by Crippen LogP contribution is 2.34. The van der Waals surface area contributed by atoms with Crippen molar-refractivity contribution in [1.82, 2.24) is 10.2 Å². The van der Waals surface area contributed by atoms with Crippen molar-refractivity contribution >= 4 is 0 Å². The van der Waals surface area contributed by atoms with Gasteiger partial charge < -0.3 is 5.32 Å². The number of hydrogen-bond donors (Lipinski definition) is 1. The molecule has 2 fully saturated rings. The predicted octanol–water partition coefficient (Wildman–Crippen LogP) is 3.36. The molecule has 0 aromatic heterocycles. The largest absolute Gasteiger partial charge is 0.309 e. The van der Waals surface area contributed by atoms with E-state index in [1.165, 1.54) is 37.9 Å². The highest BCUT2D eigenvalue weighted by molar-refractivity contribution is 5.18. The van der Waals surface area contributed by atoms with Crippen LogP contribution in [0.5, 0.6) is 0 Å². The number of nitrogens with zero attached hydrogens (tertiary/aromatic N) is 1. The molecule has 1 spiro atoms. The Kier molecular flexibility index (Phi) is 6.66. The zero-order chi connectivity index (χ0) is 13.4. The lowest BCUT2D eigenvalue weighted by atomic mass is 9.75. The van der Waals surface area contributed by atoms with Gasteiger partial charge in [-0.05, 0) is 31.3 Å².